The van der Waals surface area contributed by atoms with E-state index in [1.807, 2.05) is 0 Å². The highest BCUT2D eigenvalue weighted by atomic mass is 32.2. The van der Waals surface area contributed by atoms with Gasteiger partial charge < -0.3 is 10.6 Å². The Hall–Kier alpha value is -2.59. The second-order valence-electron chi connectivity index (χ2n) is 6.53. The lowest BCUT2D eigenvalue weighted by Gasteiger charge is -2.08. The number of aryl methyl sites for hydroxylation is 2. The number of benzene rings is 1. The molecular weight excluding hydrogens is 401 g/mol. The van der Waals surface area contributed by atoms with Gasteiger partial charge in [-0.25, -0.2) is 22.8 Å². The summed E-state index contributed by atoms with van der Waals surface area (Å²) >= 11 is 1.53. The molecule has 10 heteroatoms. The molecule has 1 aliphatic carbocycles. The van der Waals surface area contributed by atoms with Gasteiger partial charge in [0.2, 0.25) is 5.95 Å². The zero-order valence-corrected chi connectivity index (χ0v) is 16.7. The topological polar surface area (TPSA) is 96.9 Å². The summed E-state index contributed by atoms with van der Waals surface area (Å²) in [7, 11) is -3.27. The first-order chi connectivity index (χ1) is 13.4. The highest BCUT2D eigenvalue weighted by Gasteiger charge is 2.17. The molecule has 1 aliphatic rings. The van der Waals surface area contributed by atoms with E-state index in [0.29, 0.717) is 10.8 Å². The molecular formula is C18H18FN5O2S2. The molecule has 1 aromatic carbocycles. The van der Waals surface area contributed by atoms with Crippen LogP contribution in [0.15, 0.2) is 35.4 Å². The van der Waals surface area contributed by atoms with Gasteiger partial charge >= 0.3 is 0 Å². The van der Waals surface area contributed by atoms with E-state index in [-0.39, 0.29) is 16.7 Å². The lowest BCUT2D eigenvalue weighted by atomic mass is 10.0. The maximum atomic E-state index is 14.2. The first-order valence-electron chi connectivity index (χ1n) is 8.74. The average molecular weight is 420 g/mol. The highest BCUT2D eigenvalue weighted by molar-refractivity contribution is 7.90. The monoisotopic (exact) mass is 419 g/mol. The van der Waals surface area contributed by atoms with Gasteiger partial charge in [-0.2, -0.15) is 4.98 Å². The van der Waals surface area contributed by atoms with Gasteiger partial charge in [-0.05, 0) is 49.9 Å². The van der Waals surface area contributed by atoms with E-state index in [2.05, 4.69) is 25.6 Å². The van der Waals surface area contributed by atoms with Crippen molar-refractivity contribution in [2.24, 2.45) is 0 Å². The van der Waals surface area contributed by atoms with Crippen molar-refractivity contribution in [3.63, 3.8) is 0 Å². The first kappa shape index (κ1) is 18.8. The SMILES string of the molecule is CS(=O)(=O)c1ccc(Nc2ncc(F)c(Nc3nc4c(s3)CCCC4)n2)cc1. The number of nitrogens with zero attached hydrogens (tertiary/aromatic N) is 3. The molecule has 0 amide bonds. The number of rotatable bonds is 5. The van der Waals surface area contributed by atoms with Crippen molar-refractivity contribution in [2.75, 3.05) is 16.9 Å². The van der Waals surface area contributed by atoms with Crippen LogP contribution < -0.4 is 10.6 Å². The fourth-order valence-electron chi connectivity index (χ4n) is 2.94. The third-order valence-corrected chi connectivity index (χ3v) is 6.56. The summed E-state index contributed by atoms with van der Waals surface area (Å²) in [5.41, 5.74) is 1.67. The van der Waals surface area contributed by atoms with Crippen LogP contribution in [-0.4, -0.2) is 29.6 Å². The molecule has 0 atom stereocenters. The van der Waals surface area contributed by atoms with Crippen molar-refractivity contribution in [3.8, 4) is 0 Å². The molecule has 2 aromatic heterocycles. The molecule has 7 nitrogen and oxygen atoms in total. The summed E-state index contributed by atoms with van der Waals surface area (Å²) in [6.45, 7) is 0. The lowest BCUT2D eigenvalue weighted by Crippen LogP contribution is -2.04. The van der Waals surface area contributed by atoms with E-state index in [4.69, 9.17) is 0 Å². The second-order valence-corrected chi connectivity index (χ2v) is 9.63. The van der Waals surface area contributed by atoms with Gasteiger partial charge in [-0.15, -0.1) is 11.3 Å². The Labute approximate surface area is 166 Å². The van der Waals surface area contributed by atoms with Crippen LogP contribution in [0.4, 0.5) is 27.0 Å². The van der Waals surface area contributed by atoms with Crippen molar-refractivity contribution in [3.05, 3.63) is 46.9 Å². The van der Waals surface area contributed by atoms with Gasteiger partial charge in [0.05, 0.1) is 16.8 Å². The summed E-state index contributed by atoms with van der Waals surface area (Å²) in [5.74, 6) is -0.347. The van der Waals surface area contributed by atoms with E-state index in [1.54, 1.807) is 12.1 Å². The minimum Gasteiger partial charge on any atom is -0.324 e. The number of nitrogens with one attached hydrogen (secondary N) is 2. The van der Waals surface area contributed by atoms with Gasteiger partial charge in [-0.1, -0.05) is 0 Å². The van der Waals surface area contributed by atoms with Gasteiger partial charge in [-0.3, -0.25) is 0 Å². The summed E-state index contributed by atoms with van der Waals surface area (Å²) in [5, 5.41) is 6.51. The third-order valence-electron chi connectivity index (χ3n) is 4.35. The molecule has 2 N–H and O–H groups in total. The van der Waals surface area contributed by atoms with Gasteiger partial charge in [0.15, 0.2) is 26.6 Å². The Morgan fingerprint density at radius 1 is 1.07 bits per heavy atom. The Balaban J connectivity index is 1.53. The molecule has 28 heavy (non-hydrogen) atoms. The predicted molar refractivity (Wildman–Crippen MR) is 107 cm³/mol. The average Bonchev–Trinajstić information content (AvgIpc) is 3.06. The van der Waals surface area contributed by atoms with Gasteiger partial charge in [0, 0.05) is 16.8 Å². The number of aromatic nitrogens is 3. The van der Waals surface area contributed by atoms with Crippen molar-refractivity contribution < 1.29 is 12.8 Å². The summed E-state index contributed by atoms with van der Waals surface area (Å²) in [6.07, 6.45) is 6.48. The maximum Gasteiger partial charge on any atom is 0.229 e. The fraction of sp³-hybridized carbons (Fsp3) is 0.278. The lowest BCUT2D eigenvalue weighted by molar-refractivity contribution is 0.602. The Kier molecular flexibility index (Phi) is 4.98. The molecule has 0 aliphatic heterocycles. The molecule has 0 bridgehead atoms. The number of sulfone groups is 1. The van der Waals surface area contributed by atoms with Crippen LogP contribution in [0, 0.1) is 5.82 Å². The smallest absolute Gasteiger partial charge is 0.229 e. The van der Waals surface area contributed by atoms with E-state index < -0.39 is 15.7 Å². The first-order valence-corrected chi connectivity index (χ1v) is 11.4. The molecule has 0 unspecified atom stereocenters. The minimum absolute atomic E-state index is 0.0383. The molecule has 0 spiro atoms. The Bertz CT molecular complexity index is 1090. The normalized spacial score (nSPS) is 13.8. The third kappa shape index (κ3) is 4.12. The van der Waals surface area contributed by atoms with Crippen molar-refractivity contribution in [1.29, 1.82) is 0 Å². The minimum atomic E-state index is -3.27. The van der Waals surface area contributed by atoms with Crippen LogP contribution in [0.3, 0.4) is 0 Å². The standard InChI is InChI=1S/C18H18FN5O2S2/c1-28(25,26)12-8-6-11(7-9-12)21-17-20-10-13(19)16(23-17)24-18-22-14-4-2-3-5-15(14)27-18/h6-10H,2-5H2,1H3,(H2,20,21,22,23,24). The second kappa shape index (κ2) is 7.44. The summed E-state index contributed by atoms with van der Waals surface area (Å²) in [6, 6.07) is 6.18. The Morgan fingerprint density at radius 2 is 1.82 bits per heavy atom. The van der Waals surface area contributed by atoms with E-state index in [1.165, 1.54) is 28.3 Å². The number of hydrogen-bond acceptors (Lipinski definition) is 8. The van der Waals surface area contributed by atoms with Crippen LogP contribution in [0.2, 0.25) is 0 Å². The van der Waals surface area contributed by atoms with Crippen LogP contribution in [0.5, 0.6) is 0 Å². The van der Waals surface area contributed by atoms with Crippen LogP contribution >= 0.6 is 11.3 Å². The van der Waals surface area contributed by atoms with Crippen LogP contribution in [0.1, 0.15) is 23.4 Å². The summed E-state index contributed by atoms with van der Waals surface area (Å²) in [4.78, 5) is 14.1. The highest BCUT2D eigenvalue weighted by Crippen LogP contribution is 2.31. The van der Waals surface area contributed by atoms with E-state index in [0.717, 1.165) is 43.8 Å². The molecule has 0 saturated carbocycles. The van der Waals surface area contributed by atoms with Crippen molar-refractivity contribution in [1.82, 2.24) is 15.0 Å². The Morgan fingerprint density at radius 3 is 2.54 bits per heavy atom. The zero-order chi connectivity index (χ0) is 19.7. The van der Waals surface area contributed by atoms with E-state index in [9.17, 15) is 12.8 Å². The number of thiazole rings is 1. The molecule has 0 fully saturated rings. The molecule has 3 aromatic rings. The molecule has 0 saturated heterocycles. The predicted octanol–water partition coefficient (Wildman–Crippen LogP) is 3.84. The summed E-state index contributed by atoms with van der Waals surface area (Å²) < 4.78 is 37.2. The van der Waals surface area contributed by atoms with Gasteiger partial charge in [0.25, 0.3) is 0 Å². The molecule has 0 radical (unpaired) electrons. The quantitative estimate of drug-likeness (QED) is 0.648. The largest absolute Gasteiger partial charge is 0.324 e. The van der Waals surface area contributed by atoms with Gasteiger partial charge in [0.1, 0.15) is 0 Å². The zero-order valence-electron chi connectivity index (χ0n) is 15.1. The van der Waals surface area contributed by atoms with Crippen LogP contribution in [-0.2, 0) is 22.7 Å². The molecule has 4 rings (SSSR count). The van der Waals surface area contributed by atoms with E-state index >= 15 is 0 Å². The number of halogens is 1. The van der Waals surface area contributed by atoms with Crippen molar-refractivity contribution in [2.45, 2.75) is 30.6 Å². The van der Waals surface area contributed by atoms with Crippen LogP contribution in [0.25, 0.3) is 0 Å². The number of fused-ring (bicyclic) bond motifs is 1. The fourth-order valence-corrected chi connectivity index (χ4v) is 4.62. The molecule has 146 valence electrons. The number of anilines is 4. The van der Waals surface area contributed by atoms with Crippen molar-refractivity contribution >= 4 is 43.8 Å². The molecule has 2 heterocycles. The maximum absolute atomic E-state index is 14.2. The number of hydrogen-bond donors (Lipinski definition) is 2.